The number of carbonyl (C=O) groups excluding carboxylic acids is 1. The number of benzene rings is 1. The third-order valence-corrected chi connectivity index (χ3v) is 5.18. The van der Waals surface area contributed by atoms with Gasteiger partial charge in [0.25, 0.3) is 5.91 Å². The quantitative estimate of drug-likeness (QED) is 0.629. The number of nitrogens with one attached hydrogen (secondary N) is 1. The van der Waals surface area contributed by atoms with E-state index in [9.17, 15) is 4.79 Å². The zero-order valence-electron chi connectivity index (χ0n) is 12.9. The summed E-state index contributed by atoms with van der Waals surface area (Å²) in [6.07, 6.45) is 1.66. The summed E-state index contributed by atoms with van der Waals surface area (Å²) < 4.78 is 2.38. The summed E-state index contributed by atoms with van der Waals surface area (Å²) in [6.45, 7) is 4.17. The molecule has 0 radical (unpaired) electrons. The number of aromatic nitrogens is 3. The van der Waals surface area contributed by atoms with Crippen LogP contribution in [-0.4, -0.2) is 20.7 Å². The minimum Gasteiger partial charge on any atom is -0.296 e. The van der Waals surface area contributed by atoms with Gasteiger partial charge in [-0.25, -0.2) is 4.98 Å². The minimum absolute atomic E-state index is 0.199. The second-order valence-corrected chi connectivity index (χ2v) is 7.28. The van der Waals surface area contributed by atoms with Gasteiger partial charge in [0.15, 0.2) is 5.13 Å². The van der Waals surface area contributed by atoms with Crippen molar-refractivity contribution >= 4 is 45.0 Å². The Morgan fingerprint density at radius 1 is 1.30 bits per heavy atom. The van der Waals surface area contributed by atoms with E-state index in [-0.39, 0.29) is 5.91 Å². The number of hydrogen-bond acceptors (Lipinski definition) is 4. The Morgan fingerprint density at radius 3 is 2.74 bits per heavy atom. The molecular weight excluding hydrogens is 423 g/mol. The molecule has 0 atom stereocenters. The van der Waals surface area contributed by atoms with Crippen molar-refractivity contribution in [2.24, 2.45) is 7.05 Å². The number of halogens is 1. The highest BCUT2D eigenvalue weighted by Gasteiger charge is 2.17. The molecule has 2 heterocycles. The lowest BCUT2D eigenvalue weighted by molar-refractivity contribution is 0.101. The summed E-state index contributed by atoms with van der Waals surface area (Å²) in [5.41, 5.74) is 4.94. The van der Waals surface area contributed by atoms with Crippen LogP contribution in [0.5, 0.6) is 0 Å². The number of thiazole rings is 1. The molecule has 118 valence electrons. The van der Waals surface area contributed by atoms with E-state index in [0.717, 1.165) is 14.8 Å². The van der Waals surface area contributed by atoms with E-state index < -0.39 is 0 Å². The number of rotatable bonds is 3. The van der Waals surface area contributed by atoms with Gasteiger partial charge in [-0.2, -0.15) is 5.10 Å². The summed E-state index contributed by atoms with van der Waals surface area (Å²) in [4.78, 5) is 16.9. The molecule has 0 aliphatic rings. The molecule has 5 nitrogen and oxygen atoms in total. The maximum atomic E-state index is 12.4. The molecule has 3 rings (SSSR count). The van der Waals surface area contributed by atoms with E-state index in [4.69, 9.17) is 0 Å². The van der Waals surface area contributed by atoms with E-state index in [0.29, 0.717) is 10.8 Å². The van der Waals surface area contributed by atoms with Gasteiger partial charge in [0.1, 0.15) is 5.69 Å². The predicted molar refractivity (Wildman–Crippen MR) is 101 cm³/mol. The number of amides is 1. The first kappa shape index (κ1) is 16.1. The van der Waals surface area contributed by atoms with Crippen LogP contribution in [0.15, 0.2) is 29.8 Å². The van der Waals surface area contributed by atoms with E-state index in [1.54, 1.807) is 17.9 Å². The molecule has 0 saturated heterocycles. The Morgan fingerprint density at radius 2 is 2.09 bits per heavy atom. The van der Waals surface area contributed by atoms with E-state index in [1.165, 1.54) is 22.5 Å². The van der Waals surface area contributed by atoms with E-state index in [1.807, 2.05) is 11.4 Å². The molecule has 0 saturated carbocycles. The van der Waals surface area contributed by atoms with Crippen LogP contribution in [0.2, 0.25) is 0 Å². The lowest BCUT2D eigenvalue weighted by atomic mass is 10.1. The maximum absolute atomic E-state index is 12.4. The second-order valence-electron chi connectivity index (χ2n) is 5.26. The minimum atomic E-state index is -0.199. The smallest absolute Gasteiger partial charge is 0.276 e. The molecule has 0 unspecified atom stereocenters. The second kappa shape index (κ2) is 6.40. The highest BCUT2D eigenvalue weighted by atomic mass is 127. The van der Waals surface area contributed by atoms with Crippen LogP contribution in [0.1, 0.15) is 21.6 Å². The zero-order chi connectivity index (χ0) is 16.6. The molecule has 1 aromatic carbocycles. The van der Waals surface area contributed by atoms with Gasteiger partial charge in [-0.15, -0.1) is 11.3 Å². The average molecular weight is 438 g/mol. The predicted octanol–water partition coefficient (Wildman–Crippen LogP) is 4.02. The number of carbonyl (C=O) groups is 1. The summed E-state index contributed by atoms with van der Waals surface area (Å²) in [5.74, 6) is -0.199. The first-order valence-corrected chi connectivity index (χ1v) is 8.93. The Balaban J connectivity index is 1.82. The molecular formula is C16H15IN4OS. The maximum Gasteiger partial charge on any atom is 0.276 e. The van der Waals surface area contributed by atoms with Gasteiger partial charge in [0.05, 0.1) is 15.5 Å². The van der Waals surface area contributed by atoms with Crippen LogP contribution in [0.3, 0.4) is 0 Å². The number of hydrogen-bond donors (Lipinski definition) is 1. The average Bonchev–Trinajstić information content (AvgIpc) is 3.09. The van der Waals surface area contributed by atoms with Crippen molar-refractivity contribution in [1.29, 1.82) is 0 Å². The number of aryl methyl sites for hydroxylation is 3. The van der Waals surface area contributed by atoms with Crippen molar-refractivity contribution in [2.75, 3.05) is 5.32 Å². The van der Waals surface area contributed by atoms with Crippen molar-refractivity contribution in [1.82, 2.24) is 14.8 Å². The molecule has 1 N–H and O–H groups in total. The molecule has 0 bridgehead atoms. The molecule has 0 aliphatic heterocycles. The number of nitrogens with zero attached hydrogens (tertiary/aromatic N) is 3. The van der Waals surface area contributed by atoms with Crippen molar-refractivity contribution in [3.05, 3.63) is 50.2 Å². The largest absolute Gasteiger partial charge is 0.296 e. The van der Waals surface area contributed by atoms with Crippen LogP contribution >= 0.6 is 33.9 Å². The van der Waals surface area contributed by atoms with Crippen LogP contribution in [0.4, 0.5) is 5.13 Å². The molecule has 3 aromatic rings. The lowest BCUT2D eigenvalue weighted by Crippen LogP contribution is -2.17. The monoisotopic (exact) mass is 438 g/mol. The molecule has 7 heteroatoms. The Kier molecular flexibility index (Phi) is 4.49. The van der Waals surface area contributed by atoms with Crippen molar-refractivity contribution < 1.29 is 4.79 Å². The number of anilines is 1. The molecule has 2 aromatic heterocycles. The van der Waals surface area contributed by atoms with Gasteiger partial charge in [-0.1, -0.05) is 12.1 Å². The van der Waals surface area contributed by atoms with Crippen LogP contribution in [0, 0.1) is 17.4 Å². The molecule has 0 spiro atoms. The summed E-state index contributed by atoms with van der Waals surface area (Å²) >= 11 is 3.52. The van der Waals surface area contributed by atoms with E-state index in [2.05, 4.69) is 64.0 Å². The Labute approximate surface area is 151 Å². The van der Waals surface area contributed by atoms with Crippen LogP contribution in [0.25, 0.3) is 11.3 Å². The fraction of sp³-hybridized carbons (Fsp3) is 0.188. The van der Waals surface area contributed by atoms with Gasteiger partial charge in [0.2, 0.25) is 0 Å². The van der Waals surface area contributed by atoms with Gasteiger partial charge in [-0.3, -0.25) is 14.8 Å². The van der Waals surface area contributed by atoms with Crippen molar-refractivity contribution in [3.63, 3.8) is 0 Å². The van der Waals surface area contributed by atoms with Crippen LogP contribution < -0.4 is 5.32 Å². The van der Waals surface area contributed by atoms with Crippen molar-refractivity contribution in [2.45, 2.75) is 13.8 Å². The van der Waals surface area contributed by atoms with Crippen molar-refractivity contribution in [3.8, 4) is 11.3 Å². The standard InChI is InChI=1S/C16H15IN4OS/c1-9-4-5-11(6-10(9)2)13-8-23-16(19-13)20-15(22)14-12(17)7-18-21(14)3/h4-8H,1-3H3,(H,19,20,22). The molecule has 0 aliphatic carbocycles. The summed E-state index contributed by atoms with van der Waals surface area (Å²) in [6, 6.07) is 6.24. The highest BCUT2D eigenvalue weighted by molar-refractivity contribution is 14.1. The lowest BCUT2D eigenvalue weighted by Gasteiger charge is -2.03. The van der Waals surface area contributed by atoms with Crippen LogP contribution in [-0.2, 0) is 7.05 Å². The highest BCUT2D eigenvalue weighted by Crippen LogP contribution is 2.27. The summed E-state index contributed by atoms with van der Waals surface area (Å²) in [5, 5.41) is 9.46. The fourth-order valence-electron chi connectivity index (χ4n) is 2.19. The zero-order valence-corrected chi connectivity index (χ0v) is 15.9. The normalized spacial score (nSPS) is 10.8. The summed E-state index contributed by atoms with van der Waals surface area (Å²) in [7, 11) is 1.75. The molecule has 0 fully saturated rings. The Bertz CT molecular complexity index is 865. The van der Waals surface area contributed by atoms with E-state index >= 15 is 0 Å². The first-order chi connectivity index (χ1) is 11.0. The molecule has 1 amide bonds. The first-order valence-electron chi connectivity index (χ1n) is 6.97. The third-order valence-electron chi connectivity index (χ3n) is 3.64. The fourth-order valence-corrected chi connectivity index (χ4v) is 3.62. The third kappa shape index (κ3) is 3.30. The van der Waals surface area contributed by atoms with Gasteiger partial charge < -0.3 is 0 Å². The topological polar surface area (TPSA) is 59.8 Å². The van der Waals surface area contributed by atoms with Gasteiger partial charge in [0, 0.05) is 18.0 Å². The van der Waals surface area contributed by atoms with Gasteiger partial charge in [-0.05, 0) is 53.6 Å². The SMILES string of the molecule is Cc1ccc(-c2csc(NC(=O)c3c(I)cnn3C)n2)cc1C. The van der Waals surface area contributed by atoms with Gasteiger partial charge >= 0.3 is 0 Å². The Hall–Kier alpha value is -1.74. The molecule has 23 heavy (non-hydrogen) atoms.